The molecule has 112 valence electrons. The van der Waals surface area contributed by atoms with E-state index < -0.39 is 11.6 Å². The van der Waals surface area contributed by atoms with Crippen LogP contribution < -0.4 is 10.6 Å². The lowest BCUT2D eigenvalue weighted by Gasteiger charge is -2.25. The monoisotopic (exact) mass is 304 g/mol. The van der Waals surface area contributed by atoms with Gasteiger partial charge in [-0.05, 0) is 12.1 Å². The van der Waals surface area contributed by atoms with Gasteiger partial charge < -0.3 is 20.1 Å². The van der Waals surface area contributed by atoms with Gasteiger partial charge in [0.1, 0.15) is 22.3 Å². The normalized spacial score (nSPS) is 10.6. The second-order valence-electron chi connectivity index (χ2n) is 4.13. The van der Waals surface area contributed by atoms with Crippen molar-refractivity contribution in [2.75, 3.05) is 45.4 Å². The number of hydrogen-bond acceptors (Lipinski definition) is 4. The number of anilines is 1. The SMILES string of the molecule is COCCN(CCOC)c1c(F)cc(C(N)=S)cc1F. The van der Waals surface area contributed by atoms with E-state index in [9.17, 15) is 8.78 Å². The molecule has 0 heterocycles. The van der Waals surface area contributed by atoms with E-state index in [-0.39, 0.29) is 16.2 Å². The number of ether oxygens (including phenoxy) is 2. The number of benzene rings is 1. The minimum atomic E-state index is -0.708. The summed E-state index contributed by atoms with van der Waals surface area (Å²) in [5.41, 5.74) is 5.42. The molecule has 0 aromatic heterocycles. The van der Waals surface area contributed by atoms with E-state index in [0.29, 0.717) is 26.3 Å². The van der Waals surface area contributed by atoms with Gasteiger partial charge in [-0.2, -0.15) is 0 Å². The molecule has 0 radical (unpaired) electrons. The number of nitrogens with zero attached hydrogens (tertiary/aromatic N) is 1. The van der Waals surface area contributed by atoms with Gasteiger partial charge in [-0.3, -0.25) is 0 Å². The van der Waals surface area contributed by atoms with E-state index >= 15 is 0 Å². The maximum atomic E-state index is 14.1. The van der Waals surface area contributed by atoms with Crippen LogP contribution in [-0.4, -0.2) is 45.5 Å². The third-order valence-corrected chi connectivity index (χ3v) is 2.98. The fraction of sp³-hybridized carbons (Fsp3) is 0.462. The van der Waals surface area contributed by atoms with Crippen molar-refractivity contribution in [3.05, 3.63) is 29.3 Å². The Labute approximate surface area is 122 Å². The quantitative estimate of drug-likeness (QED) is 0.741. The van der Waals surface area contributed by atoms with Crippen molar-refractivity contribution < 1.29 is 18.3 Å². The van der Waals surface area contributed by atoms with Gasteiger partial charge in [0.25, 0.3) is 0 Å². The summed E-state index contributed by atoms with van der Waals surface area (Å²) in [6, 6.07) is 2.26. The van der Waals surface area contributed by atoms with Crippen LogP contribution in [0.15, 0.2) is 12.1 Å². The van der Waals surface area contributed by atoms with E-state index in [1.807, 2.05) is 0 Å². The molecular formula is C13H18F2N2O2S. The van der Waals surface area contributed by atoms with Crippen LogP contribution in [0.2, 0.25) is 0 Å². The van der Waals surface area contributed by atoms with Gasteiger partial charge in [0.2, 0.25) is 0 Å². The number of nitrogens with two attached hydrogens (primary N) is 1. The number of methoxy groups -OCH3 is 2. The van der Waals surface area contributed by atoms with Crippen LogP contribution in [0, 0.1) is 11.6 Å². The van der Waals surface area contributed by atoms with E-state index in [1.54, 1.807) is 0 Å². The van der Waals surface area contributed by atoms with Gasteiger partial charge in [0.05, 0.1) is 13.2 Å². The molecule has 1 rings (SSSR count). The van der Waals surface area contributed by atoms with Crippen molar-refractivity contribution in [1.29, 1.82) is 0 Å². The lowest BCUT2D eigenvalue weighted by atomic mass is 10.1. The van der Waals surface area contributed by atoms with Crippen molar-refractivity contribution in [3.63, 3.8) is 0 Å². The largest absolute Gasteiger partial charge is 0.389 e. The first-order valence-corrected chi connectivity index (χ1v) is 6.43. The van der Waals surface area contributed by atoms with Crippen molar-refractivity contribution in [1.82, 2.24) is 0 Å². The molecule has 0 unspecified atom stereocenters. The maximum absolute atomic E-state index is 14.1. The Morgan fingerprint density at radius 2 is 1.60 bits per heavy atom. The zero-order chi connectivity index (χ0) is 15.1. The summed E-state index contributed by atoms with van der Waals surface area (Å²) in [6.07, 6.45) is 0. The molecule has 0 spiro atoms. The highest BCUT2D eigenvalue weighted by molar-refractivity contribution is 7.80. The fourth-order valence-corrected chi connectivity index (χ4v) is 1.87. The summed E-state index contributed by atoms with van der Waals surface area (Å²) < 4.78 is 38.1. The van der Waals surface area contributed by atoms with Crippen LogP contribution in [0.4, 0.5) is 14.5 Å². The van der Waals surface area contributed by atoms with Crippen LogP contribution >= 0.6 is 12.2 Å². The summed E-state index contributed by atoms with van der Waals surface area (Å²) in [5, 5.41) is 0. The summed E-state index contributed by atoms with van der Waals surface area (Å²) in [5.74, 6) is -1.42. The smallest absolute Gasteiger partial charge is 0.150 e. The second kappa shape index (κ2) is 8.08. The molecule has 0 aliphatic carbocycles. The standard InChI is InChI=1S/C13H18F2N2O2S/c1-18-5-3-17(4-6-19-2)12-10(14)7-9(13(16)20)8-11(12)15/h7-8H,3-6H2,1-2H3,(H2,16,20). The average Bonchev–Trinajstić information content (AvgIpc) is 2.40. The first-order chi connectivity index (χ1) is 9.51. The molecule has 0 atom stereocenters. The number of thiocarbonyl (C=S) groups is 1. The summed E-state index contributed by atoms with van der Waals surface area (Å²) in [7, 11) is 3.05. The molecule has 0 amide bonds. The van der Waals surface area contributed by atoms with Gasteiger partial charge in [0, 0.05) is 32.9 Å². The van der Waals surface area contributed by atoms with Crippen LogP contribution in [0.3, 0.4) is 0 Å². The molecule has 0 aliphatic heterocycles. The van der Waals surface area contributed by atoms with Gasteiger partial charge in [-0.25, -0.2) is 8.78 Å². The zero-order valence-corrected chi connectivity index (χ0v) is 12.3. The lowest BCUT2D eigenvalue weighted by Crippen LogP contribution is -2.32. The Bertz CT molecular complexity index is 441. The highest BCUT2D eigenvalue weighted by atomic mass is 32.1. The lowest BCUT2D eigenvalue weighted by molar-refractivity contribution is 0.189. The molecule has 0 fully saturated rings. The Hall–Kier alpha value is -1.31. The molecule has 0 bridgehead atoms. The fourth-order valence-electron chi connectivity index (χ4n) is 1.75. The van der Waals surface area contributed by atoms with E-state index in [0.717, 1.165) is 12.1 Å². The molecule has 0 saturated carbocycles. The predicted molar refractivity (Wildman–Crippen MR) is 78.2 cm³/mol. The molecule has 1 aromatic carbocycles. The van der Waals surface area contributed by atoms with Crippen molar-refractivity contribution in [2.45, 2.75) is 0 Å². The molecular weight excluding hydrogens is 286 g/mol. The first kappa shape index (κ1) is 16.7. The minimum absolute atomic E-state index is 0.0466. The average molecular weight is 304 g/mol. The van der Waals surface area contributed by atoms with Crippen molar-refractivity contribution >= 4 is 22.9 Å². The van der Waals surface area contributed by atoms with Crippen LogP contribution in [0.5, 0.6) is 0 Å². The zero-order valence-electron chi connectivity index (χ0n) is 11.5. The minimum Gasteiger partial charge on any atom is -0.389 e. The first-order valence-electron chi connectivity index (χ1n) is 6.03. The Morgan fingerprint density at radius 3 is 1.95 bits per heavy atom. The van der Waals surface area contributed by atoms with Crippen LogP contribution in [0.25, 0.3) is 0 Å². The summed E-state index contributed by atoms with van der Waals surface area (Å²) >= 11 is 4.72. The molecule has 2 N–H and O–H groups in total. The van der Waals surface area contributed by atoms with Gasteiger partial charge in [-0.15, -0.1) is 0 Å². The van der Waals surface area contributed by atoms with E-state index in [2.05, 4.69) is 0 Å². The van der Waals surface area contributed by atoms with Crippen molar-refractivity contribution in [2.24, 2.45) is 5.73 Å². The summed E-state index contributed by atoms with van der Waals surface area (Å²) in [6.45, 7) is 1.39. The van der Waals surface area contributed by atoms with Crippen LogP contribution in [0.1, 0.15) is 5.56 Å². The van der Waals surface area contributed by atoms with Gasteiger partial charge in [0.15, 0.2) is 0 Å². The molecule has 1 aromatic rings. The Kier molecular flexibility index (Phi) is 6.77. The van der Waals surface area contributed by atoms with Gasteiger partial charge >= 0.3 is 0 Å². The van der Waals surface area contributed by atoms with E-state index in [1.165, 1.54) is 19.1 Å². The molecule has 0 aliphatic rings. The molecule has 7 heteroatoms. The maximum Gasteiger partial charge on any atom is 0.150 e. The van der Waals surface area contributed by atoms with Crippen LogP contribution in [-0.2, 0) is 9.47 Å². The van der Waals surface area contributed by atoms with E-state index in [4.69, 9.17) is 27.4 Å². The topological polar surface area (TPSA) is 47.7 Å². The Morgan fingerprint density at radius 1 is 1.15 bits per heavy atom. The predicted octanol–water partition coefficient (Wildman–Crippen LogP) is 1.70. The molecule has 0 saturated heterocycles. The highest BCUT2D eigenvalue weighted by Gasteiger charge is 2.18. The molecule has 20 heavy (non-hydrogen) atoms. The Balaban J connectivity index is 3.08. The number of rotatable bonds is 8. The second-order valence-corrected chi connectivity index (χ2v) is 4.57. The number of hydrogen-bond donors (Lipinski definition) is 1. The third-order valence-electron chi connectivity index (χ3n) is 2.75. The van der Waals surface area contributed by atoms with Crippen molar-refractivity contribution in [3.8, 4) is 0 Å². The van der Waals surface area contributed by atoms with Gasteiger partial charge in [-0.1, -0.05) is 12.2 Å². The highest BCUT2D eigenvalue weighted by Crippen LogP contribution is 2.25. The number of halogens is 2. The third kappa shape index (κ3) is 4.36. The summed E-state index contributed by atoms with van der Waals surface area (Å²) in [4.78, 5) is 1.48. The molecule has 4 nitrogen and oxygen atoms in total.